The van der Waals surface area contributed by atoms with Gasteiger partial charge in [-0.25, -0.2) is 9.59 Å². The zero-order valence-electron chi connectivity index (χ0n) is 24.5. The first-order valence-corrected chi connectivity index (χ1v) is 13.9. The summed E-state index contributed by atoms with van der Waals surface area (Å²) in [6.07, 6.45) is 4.01. The Hall–Kier alpha value is -4.73. The van der Waals surface area contributed by atoms with Crippen molar-refractivity contribution in [3.05, 3.63) is 93.6 Å². The number of nitrogens with one attached hydrogen (secondary N) is 1. The molecule has 1 aliphatic heterocycles. The molecule has 42 heavy (non-hydrogen) atoms. The van der Waals surface area contributed by atoms with E-state index in [4.69, 9.17) is 14.1 Å². The van der Waals surface area contributed by atoms with E-state index < -0.39 is 23.4 Å². The lowest BCUT2D eigenvalue weighted by Crippen LogP contribution is -2.51. The zero-order valence-corrected chi connectivity index (χ0v) is 24.5. The number of likely N-dealkylation sites (N-methyl/N-ethyl adjacent to an activating group) is 1. The molecular formula is C32H35N5O5. The minimum absolute atomic E-state index is 0.0771. The first-order valence-electron chi connectivity index (χ1n) is 13.9. The van der Waals surface area contributed by atoms with Crippen molar-refractivity contribution in [3.8, 4) is 0 Å². The number of rotatable bonds is 6. The van der Waals surface area contributed by atoms with E-state index >= 15 is 0 Å². The number of fused-ring (bicyclic) bond motifs is 2. The molecule has 0 aliphatic carbocycles. The molecule has 1 atom stereocenters. The van der Waals surface area contributed by atoms with E-state index in [2.05, 4.69) is 10.3 Å². The summed E-state index contributed by atoms with van der Waals surface area (Å²) in [5, 5.41) is 2.95. The molecular weight excluding hydrogens is 534 g/mol. The number of aryl methyl sites for hydroxylation is 1. The van der Waals surface area contributed by atoms with Gasteiger partial charge in [-0.05, 0) is 74.6 Å². The van der Waals surface area contributed by atoms with Crippen LogP contribution < -0.4 is 15.8 Å². The average molecular weight is 570 g/mol. The van der Waals surface area contributed by atoms with Gasteiger partial charge in [0.05, 0.1) is 10.9 Å². The monoisotopic (exact) mass is 569 g/mol. The minimum atomic E-state index is -0.668. The molecule has 5 rings (SSSR count). The van der Waals surface area contributed by atoms with Crippen LogP contribution in [0.3, 0.4) is 0 Å². The van der Waals surface area contributed by atoms with Gasteiger partial charge in [-0.1, -0.05) is 30.3 Å². The number of anilines is 2. The Kier molecular flexibility index (Phi) is 7.98. The predicted octanol–water partition coefficient (Wildman–Crippen LogP) is 4.87. The SMILES string of the molecule is Cc1c(NC(=O)OC(C)(C)C)ccc2nc(N3Cc4ccccc4C[C@H]3C(=O)N(C)CCc3cccnc3)oc(=O)c12. The van der Waals surface area contributed by atoms with Gasteiger partial charge in [-0.2, -0.15) is 4.98 Å². The van der Waals surface area contributed by atoms with E-state index in [1.807, 2.05) is 36.4 Å². The molecule has 0 saturated carbocycles. The summed E-state index contributed by atoms with van der Waals surface area (Å²) < 4.78 is 11.1. The maximum Gasteiger partial charge on any atom is 0.412 e. The molecule has 4 aromatic rings. The summed E-state index contributed by atoms with van der Waals surface area (Å²) in [4.78, 5) is 51.9. The molecule has 0 saturated heterocycles. The molecule has 10 heteroatoms. The first kappa shape index (κ1) is 28.8. The van der Waals surface area contributed by atoms with Gasteiger partial charge >= 0.3 is 17.7 Å². The van der Waals surface area contributed by atoms with E-state index in [0.29, 0.717) is 42.7 Å². The highest BCUT2D eigenvalue weighted by Gasteiger charge is 2.36. The molecule has 218 valence electrons. The van der Waals surface area contributed by atoms with E-state index in [1.165, 1.54) is 0 Å². The number of hydrogen-bond donors (Lipinski definition) is 1. The van der Waals surface area contributed by atoms with Crippen LogP contribution in [0.5, 0.6) is 0 Å². The van der Waals surface area contributed by atoms with E-state index in [-0.39, 0.29) is 17.3 Å². The smallest absolute Gasteiger partial charge is 0.412 e. The van der Waals surface area contributed by atoms with Crippen molar-refractivity contribution in [1.82, 2.24) is 14.9 Å². The fourth-order valence-corrected chi connectivity index (χ4v) is 5.13. The number of carbonyl (C=O) groups is 2. The molecule has 2 aromatic carbocycles. The zero-order chi connectivity index (χ0) is 30.0. The van der Waals surface area contributed by atoms with Crippen molar-refractivity contribution < 1.29 is 18.7 Å². The van der Waals surface area contributed by atoms with E-state index in [0.717, 1.165) is 16.7 Å². The van der Waals surface area contributed by atoms with Crippen LogP contribution in [0.15, 0.2) is 70.1 Å². The van der Waals surface area contributed by atoms with E-state index in [9.17, 15) is 14.4 Å². The maximum absolute atomic E-state index is 13.8. The van der Waals surface area contributed by atoms with Crippen LogP contribution >= 0.6 is 0 Å². The number of pyridine rings is 1. The second-order valence-electron chi connectivity index (χ2n) is 11.5. The number of nitrogens with zero attached hydrogens (tertiary/aromatic N) is 4. The van der Waals surface area contributed by atoms with Gasteiger partial charge in [0, 0.05) is 44.6 Å². The van der Waals surface area contributed by atoms with E-state index in [1.54, 1.807) is 69.1 Å². The summed E-state index contributed by atoms with van der Waals surface area (Å²) in [5.41, 5.74) is 3.23. The standard InChI is InChI=1S/C32H35N5O5/c1-20-24(35-31(40)42-32(2,3)4)12-13-25-27(20)29(39)41-30(34-25)37-19-23-11-7-6-10-22(23)17-26(37)28(38)36(5)16-14-21-9-8-15-33-18-21/h6-13,15,18,26H,14,16-17,19H2,1-5H3,(H,35,40)/t26-/m0/s1. The van der Waals surface area contributed by atoms with Crippen LogP contribution in [0.4, 0.5) is 16.5 Å². The number of ether oxygens (including phenoxy) is 1. The Morgan fingerprint density at radius 2 is 1.88 bits per heavy atom. The Bertz CT molecular complexity index is 1680. The van der Waals surface area contributed by atoms with Crippen molar-refractivity contribution >= 4 is 34.6 Å². The molecule has 0 spiro atoms. The third-order valence-electron chi connectivity index (χ3n) is 7.30. The highest BCUT2D eigenvalue weighted by atomic mass is 16.6. The summed E-state index contributed by atoms with van der Waals surface area (Å²) >= 11 is 0. The number of amides is 2. The quantitative estimate of drug-likeness (QED) is 0.350. The van der Waals surface area contributed by atoms with Gasteiger partial charge in [0.15, 0.2) is 0 Å². The fourth-order valence-electron chi connectivity index (χ4n) is 5.13. The van der Waals surface area contributed by atoms with Crippen molar-refractivity contribution in [3.63, 3.8) is 0 Å². The lowest BCUT2D eigenvalue weighted by Gasteiger charge is -2.37. The molecule has 0 unspecified atom stereocenters. The highest BCUT2D eigenvalue weighted by Crippen LogP contribution is 2.30. The maximum atomic E-state index is 13.8. The number of hydrogen-bond acceptors (Lipinski definition) is 8. The summed E-state index contributed by atoms with van der Waals surface area (Å²) in [6.45, 7) is 7.91. The highest BCUT2D eigenvalue weighted by molar-refractivity contribution is 5.93. The third kappa shape index (κ3) is 6.27. The van der Waals surface area contributed by atoms with Crippen LogP contribution in [0.1, 0.15) is 43.0 Å². The first-order chi connectivity index (χ1) is 20.0. The minimum Gasteiger partial charge on any atom is -0.444 e. The normalized spacial score (nSPS) is 14.8. The lowest BCUT2D eigenvalue weighted by atomic mass is 9.93. The summed E-state index contributed by atoms with van der Waals surface area (Å²) in [5.74, 6) is -0.0916. The van der Waals surface area contributed by atoms with Gasteiger partial charge in [-0.3, -0.25) is 15.1 Å². The number of aromatic nitrogens is 2. The van der Waals surface area contributed by atoms with Crippen LogP contribution in [-0.2, 0) is 28.9 Å². The van der Waals surface area contributed by atoms with Crippen LogP contribution in [-0.4, -0.2) is 52.1 Å². The second-order valence-corrected chi connectivity index (χ2v) is 11.5. The number of carbonyl (C=O) groups excluding carboxylic acids is 2. The third-order valence-corrected chi connectivity index (χ3v) is 7.30. The molecule has 2 amide bonds. The lowest BCUT2D eigenvalue weighted by molar-refractivity contribution is -0.131. The van der Waals surface area contributed by atoms with Gasteiger partial charge in [0.2, 0.25) is 5.91 Å². The molecule has 2 aromatic heterocycles. The van der Waals surface area contributed by atoms with Crippen molar-refractivity contribution in [2.75, 3.05) is 23.8 Å². The Morgan fingerprint density at radius 1 is 1.12 bits per heavy atom. The Balaban J connectivity index is 1.45. The molecule has 10 nitrogen and oxygen atoms in total. The largest absolute Gasteiger partial charge is 0.444 e. The predicted molar refractivity (Wildman–Crippen MR) is 161 cm³/mol. The Morgan fingerprint density at radius 3 is 2.60 bits per heavy atom. The molecule has 3 heterocycles. The van der Waals surface area contributed by atoms with Crippen molar-refractivity contribution in [2.24, 2.45) is 0 Å². The van der Waals surface area contributed by atoms with Crippen molar-refractivity contribution in [1.29, 1.82) is 0 Å². The van der Waals surface area contributed by atoms with Gasteiger partial charge < -0.3 is 19.0 Å². The summed E-state index contributed by atoms with van der Waals surface area (Å²) in [7, 11) is 1.78. The van der Waals surface area contributed by atoms with Gasteiger partial charge in [0.1, 0.15) is 11.6 Å². The topological polar surface area (TPSA) is 118 Å². The van der Waals surface area contributed by atoms with Gasteiger partial charge in [0.25, 0.3) is 0 Å². The average Bonchev–Trinajstić information content (AvgIpc) is 2.95. The molecule has 1 aliphatic rings. The van der Waals surface area contributed by atoms with Crippen LogP contribution in [0, 0.1) is 6.92 Å². The second kappa shape index (κ2) is 11.6. The van der Waals surface area contributed by atoms with Gasteiger partial charge in [-0.15, -0.1) is 0 Å². The molecule has 0 radical (unpaired) electrons. The molecule has 1 N–H and O–H groups in total. The fraction of sp³-hybridized carbons (Fsp3) is 0.344. The Labute approximate surface area is 244 Å². The molecule has 0 bridgehead atoms. The summed E-state index contributed by atoms with van der Waals surface area (Å²) in [6, 6.07) is 14.6. The van der Waals surface area contributed by atoms with Crippen molar-refractivity contribution in [2.45, 2.75) is 58.7 Å². The molecule has 0 fully saturated rings. The van der Waals surface area contributed by atoms with Crippen LogP contribution in [0.2, 0.25) is 0 Å². The number of benzene rings is 2. The van der Waals surface area contributed by atoms with Crippen LogP contribution in [0.25, 0.3) is 10.9 Å².